The van der Waals surface area contributed by atoms with Crippen LogP contribution in [0, 0.1) is 26.0 Å². The Morgan fingerprint density at radius 3 is 1.63 bits per heavy atom. The van der Waals surface area contributed by atoms with Crippen LogP contribution in [0.25, 0.3) is 20.9 Å². The molecule has 0 aliphatic rings. The minimum absolute atomic E-state index is 0.193. The van der Waals surface area contributed by atoms with Crippen LogP contribution in [0.2, 0.25) is 0 Å². The summed E-state index contributed by atoms with van der Waals surface area (Å²) in [4.78, 5) is 25.3. The number of nitrogens with one attached hydrogen (secondary N) is 1. The van der Waals surface area contributed by atoms with Crippen LogP contribution in [-0.4, -0.2) is 51.3 Å². The summed E-state index contributed by atoms with van der Waals surface area (Å²) in [6, 6.07) is 25.1. The van der Waals surface area contributed by atoms with Gasteiger partial charge in [-0.2, -0.15) is 4.39 Å². The minimum Gasteiger partial charge on any atom is -0.379 e. The van der Waals surface area contributed by atoms with Gasteiger partial charge in [0.2, 0.25) is 5.82 Å². The Morgan fingerprint density at radius 1 is 0.725 bits per heavy atom. The highest BCUT2D eigenvalue weighted by atomic mass is 32.2. The second kappa shape index (κ2) is 21.0. The fourth-order valence-corrected chi connectivity index (χ4v) is 6.40. The summed E-state index contributed by atoms with van der Waals surface area (Å²) < 4.78 is 63.6. The molecule has 268 valence electrons. The van der Waals surface area contributed by atoms with Crippen LogP contribution < -0.4 is 11.1 Å². The molecule has 23 heteroatoms. The zero-order valence-corrected chi connectivity index (χ0v) is 29.3. The Hall–Kier alpha value is -5.41. The van der Waals surface area contributed by atoms with Crippen molar-refractivity contribution in [2.75, 3.05) is 29.9 Å². The van der Waals surface area contributed by atoms with Gasteiger partial charge in [0.05, 0.1) is 19.6 Å². The van der Waals surface area contributed by atoms with E-state index in [1.54, 1.807) is 23.5 Å². The largest absolute Gasteiger partial charge is 0.379 e. The first-order chi connectivity index (χ1) is 24.2. The number of hydrogen-bond donors (Lipinski definition) is 2. The Morgan fingerprint density at radius 2 is 1.18 bits per heavy atom. The van der Waals surface area contributed by atoms with Crippen molar-refractivity contribution in [2.24, 2.45) is 14.8 Å². The lowest BCUT2D eigenvalue weighted by Gasteiger charge is -2.08. The van der Waals surface area contributed by atoms with Crippen molar-refractivity contribution in [1.29, 1.82) is 0 Å². The maximum Gasteiger partial charge on any atom is 0.306 e. The molecule has 3 N–H and O–H groups in total. The molecule has 18 nitrogen and oxygen atoms in total. The standard InChI is InChI=1S/C14H13N5O4S2.C8H11NS.C6H3FN4O4S/c15-17-18-25(22,23)12-6-7-13(14(10-12)19(20)21)16-8-9-24-11-4-2-1-3-5-11;9-6-7-10-8-4-2-1-3-5-8;7-5-2-1-4(3-6(5)11(12)13)16(14,15)10-9-8/h1-7,10,16H,8-9H2;1-5H,6-7,9H2;1-3H. The summed E-state index contributed by atoms with van der Waals surface area (Å²) in [5, 5.41) is 24.4. The topological polar surface area (TPSA) is 290 Å². The molecule has 0 aliphatic heterocycles. The van der Waals surface area contributed by atoms with Gasteiger partial charge in [0.25, 0.3) is 25.7 Å². The highest BCUT2D eigenvalue weighted by Crippen LogP contribution is 2.29. The molecule has 4 aromatic carbocycles. The molecular weight excluding hydrogens is 752 g/mol. The predicted molar refractivity (Wildman–Crippen MR) is 191 cm³/mol. The van der Waals surface area contributed by atoms with Crippen molar-refractivity contribution >= 4 is 60.6 Å². The van der Waals surface area contributed by atoms with Crippen LogP contribution in [0.1, 0.15) is 0 Å². The third-order valence-corrected chi connectivity index (χ3v) is 10.1. The lowest BCUT2D eigenvalue weighted by atomic mass is 10.2. The molecule has 51 heavy (non-hydrogen) atoms. The van der Waals surface area contributed by atoms with Gasteiger partial charge in [0.15, 0.2) is 0 Å². The number of thioether (sulfide) groups is 2. The number of anilines is 1. The third-order valence-electron chi connectivity index (χ3n) is 5.72. The maximum atomic E-state index is 12.9. The lowest BCUT2D eigenvalue weighted by molar-refractivity contribution is -0.387. The monoisotopic (exact) mass is 778 g/mol. The molecule has 4 aromatic rings. The van der Waals surface area contributed by atoms with E-state index < -0.39 is 56.9 Å². The van der Waals surface area contributed by atoms with Crippen molar-refractivity contribution in [2.45, 2.75) is 19.6 Å². The molecule has 0 atom stereocenters. The highest BCUT2D eigenvalue weighted by molar-refractivity contribution is 7.99. The summed E-state index contributed by atoms with van der Waals surface area (Å²) >= 11 is 3.38. The smallest absolute Gasteiger partial charge is 0.306 e. The lowest BCUT2D eigenvalue weighted by Crippen LogP contribution is -2.07. The minimum atomic E-state index is -4.35. The molecule has 4 rings (SSSR count). The molecule has 0 aliphatic carbocycles. The zero-order chi connectivity index (χ0) is 37.9. The third kappa shape index (κ3) is 14.2. The molecule has 0 heterocycles. The number of halogens is 1. The van der Waals surface area contributed by atoms with Crippen LogP contribution in [0.15, 0.2) is 126 Å². The van der Waals surface area contributed by atoms with E-state index in [9.17, 15) is 41.5 Å². The van der Waals surface area contributed by atoms with E-state index in [2.05, 4.69) is 36.3 Å². The van der Waals surface area contributed by atoms with E-state index in [0.29, 0.717) is 24.4 Å². The van der Waals surface area contributed by atoms with Crippen LogP contribution in [0.3, 0.4) is 0 Å². The Balaban J connectivity index is 0.000000295. The highest BCUT2D eigenvalue weighted by Gasteiger charge is 2.21. The average Bonchev–Trinajstić information content (AvgIpc) is 3.10. The van der Waals surface area contributed by atoms with Crippen LogP contribution >= 0.6 is 23.5 Å². The number of nitro benzene ring substituents is 2. The van der Waals surface area contributed by atoms with Gasteiger partial charge in [-0.25, -0.2) is 16.8 Å². The summed E-state index contributed by atoms with van der Waals surface area (Å²) in [6.07, 6.45) is 0. The van der Waals surface area contributed by atoms with Gasteiger partial charge < -0.3 is 11.1 Å². The number of benzene rings is 4. The maximum absolute atomic E-state index is 12.9. The Kier molecular flexibility index (Phi) is 17.2. The molecule has 0 bridgehead atoms. The summed E-state index contributed by atoms with van der Waals surface area (Å²) in [5.41, 5.74) is 20.4. The van der Waals surface area contributed by atoms with Gasteiger partial charge in [-0.15, -0.1) is 23.5 Å². The number of nitrogens with two attached hydrogens (primary N) is 1. The van der Waals surface area contributed by atoms with E-state index in [-0.39, 0.29) is 5.69 Å². The molecule has 0 saturated heterocycles. The zero-order valence-electron chi connectivity index (χ0n) is 26.0. The second-order valence-corrected chi connectivity index (χ2v) is 14.6. The van der Waals surface area contributed by atoms with E-state index in [1.807, 2.05) is 48.5 Å². The van der Waals surface area contributed by atoms with E-state index in [1.165, 1.54) is 11.0 Å². The molecule has 0 saturated carbocycles. The number of rotatable bonds is 14. The van der Waals surface area contributed by atoms with Crippen LogP contribution in [0.4, 0.5) is 21.5 Å². The molecule has 0 radical (unpaired) electrons. The number of hydrogen-bond acceptors (Lipinski definition) is 12. The number of sulfonamides is 2. The fourth-order valence-electron chi connectivity index (χ4n) is 3.52. The van der Waals surface area contributed by atoms with E-state index in [0.717, 1.165) is 35.4 Å². The van der Waals surface area contributed by atoms with Crippen molar-refractivity contribution in [3.8, 4) is 0 Å². The van der Waals surface area contributed by atoms with Gasteiger partial charge in [0.1, 0.15) is 5.69 Å². The number of nitrogens with zero attached hydrogens (tertiary/aromatic N) is 8. The van der Waals surface area contributed by atoms with Crippen molar-refractivity contribution in [1.82, 2.24) is 0 Å². The first-order valence-electron chi connectivity index (χ1n) is 13.9. The predicted octanol–water partition coefficient (Wildman–Crippen LogP) is 7.27. The second-order valence-electron chi connectivity index (χ2n) is 9.14. The van der Waals surface area contributed by atoms with Crippen LogP contribution in [0.5, 0.6) is 0 Å². The average molecular weight is 779 g/mol. The number of nitro groups is 2. The Bertz CT molecular complexity index is 2120. The quantitative estimate of drug-likeness (QED) is 0.0243. The normalized spacial score (nSPS) is 10.5. The summed E-state index contributed by atoms with van der Waals surface area (Å²) in [5.74, 6) is 0.495. The van der Waals surface area contributed by atoms with Gasteiger partial charge in [-0.3, -0.25) is 20.2 Å². The fraction of sp³-hybridized carbons (Fsp3) is 0.143. The first kappa shape index (κ1) is 41.8. The first-order valence-corrected chi connectivity index (χ1v) is 18.8. The van der Waals surface area contributed by atoms with Crippen molar-refractivity contribution < 1.29 is 31.1 Å². The molecule has 0 fully saturated rings. The molecule has 0 spiro atoms. The van der Waals surface area contributed by atoms with E-state index >= 15 is 0 Å². The Labute approximate surface area is 298 Å². The van der Waals surface area contributed by atoms with Gasteiger partial charge >= 0.3 is 5.69 Å². The molecule has 0 amide bonds. The van der Waals surface area contributed by atoms with Gasteiger partial charge in [0, 0.05) is 65.4 Å². The number of azide groups is 2. The summed E-state index contributed by atoms with van der Waals surface area (Å²) in [7, 11) is -8.62. The van der Waals surface area contributed by atoms with Gasteiger partial charge in [-0.05, 0) is 59.6 Å². The molecular formula is C28H27FN10O8S4. The van der Waals surface area contributed by atoms with E-state index in [4.69, 9.17) is 16.8 Å². The van der Waals surface area contributed by atoms with Gasteiger partial charge in [-0.1, -0.05) is 36.4 Å². The summed E-state index contributed by atoms with van der Waals surface area (Å²) in [6.45, 7) is 1.20. The molecule has 0 aromatic heterocycles. The van der Waals surface area contributed by atoms with Crippen molar-refractivity contribution in [3.05, 3.63) is 144 Å². The molecule has 0 unspecified atom stereocenters. The van der Waals surface area contributed by atoms with Crippen molar-refractivity contribution in [3.63, 3.8) is 0 Å². The van der Waals surface area contributed by atoms with Crippen LogP contribution in [-0.2, 0) is 20.0 Å². The SMILES string of the molecule is NCCSc1ccccc1.[N-]=[N+]=NS(=O)(=O)c1ccc(F)c([N+](=O)[O-])c1.[N-]=[N+]=NS(=O)(=O)c1ccc(NCCSc2ccccc2)c([N+](=O)[O-])c1.